The second-order valence-corrected chi connectivity index (χ2v) is 9.38. The molecule has 2 saturated carbocycles. The number of benzene rings is 1. The van der Waals surface area contributed by atoms with Crippen LogP contribution in [0.25, 0.3) is 0 Å². The van der Waals surface area contributed by atoms with Gasteiger partial charge in [-0.15, -0.1) is 0 Å². The van der Waals surface area contributed by atoms with Crippen LogP contribution in [0.1, 0.15) is 78.1 Å². The van der Waals surface area contributed by atoms with Crippen molar-refractivity contribution in [3.8, 4) is 11.5 Å². The lowest BCUT2D eigenvalue weighted by molar-refractivity contribution is 0.124. The average molecular weight is 411 g/mol. The Balaban J connectivity index is 1.44. The highest BCUT2D eigenvalue weighted by molar-refractivity contribution is 6.32. The van der Waals surface area contributed by atoms with Crippen molar-refractivity contribution in [2.24, 2.45) is 23.7 Å². The molecule has 3 rings (SSSR count). The average Bonchev–Trinajstić information content (AvgIpc) is 2.72. The highest BCUT2D eigenvalue weighted by atomic mass is 35.5. The molecule has 158 valence electrons. The third-order valence-electron chi connectivity index (χ3n) is 6.86. The third-order valence-corrected chi connectivity index (χ3v) is 7.21. The minimum Gasteiger partial charge on any atom is -0.492 e. The Kier molecular flexibility index (Phi) is 8.32. The highest BCUT2D eigenvalue weighted by Crippen LogP contribution is 2.41. The molecule has 2 nitrogen and oxygen atoms in total. The summed E-state index contributed by atoms with van der Waals surface area (Å²) >= 11 is 6.13. The normalized spacial score (nSPS) is 28.1. The van der Waals surface area contributed by atoms with Gasteiger partial charge in [0.15, 0.2) is 11.6 Å². The first-order valence-electron chi connectivity index (χ1n) is 11.3. The summed E-state index contributed by atoms with van der Waals surface area (Å²) in [6, 6.07) is 3.37. The van der Waals surface area contributed by atoms with E-state index in [4.69, 9.17) is 21.1 Å². The van der Waals surface area contributed by atoms with Crippen molar-refractivity contribution < 1.29 is 13.9 Å². The predicted molar refractivity (Wildman–Crippen MR) is 114 cm³/mol. The Labute approximate surface area is 175 Å². The van der Waals surface area contributed by atoms with Crippen LogP contribution in [-0.4, -0.2) is 13.2 Å². The zero-order valence-corrected chi connectivity index (χ0v) is 18.3. The molecule has 0 radical (unpaired) electrons. The van der Waals surface area contributed by atoms with Crippen molar-refractivity contribution >= 4 is 11.6 Å². The molecule has 2 aliphatic rings. The molecule has 4 heteroatoms. The maximum atomic E-state index is 14.5. The molecule has 0 N–H and O–H groups in total. The van der Waals surface area contributed by atoms with Gasteiger partial charge in [-0.05, 0) is 80.8 Å². The molecule has 0 aromatic heterocycles. The molecular weight excluding hydrogens is 375 g/mol. The molecule has 0 spiro atoms. The number of ether oxygens (including phenoxy) is 2. The molecule has 0 saturated heterocycles. The molecule has 0 aliphatic heterocycles. The second-order valence-electron chi connectivity index (χ2n) is 9.00. The Morgan fingerprint density at radius 2 is 1.54 bits per heavy atom. The lowest BCUT2D eigenvalue weighted by Gasteiger charge is -2.37. The van der Waals surface area contributed by atoms with Crippen molar-refractivity contribution in [2.75, 3.05) is 13.2 Å². The smallest absolute Gasteiger partial charge is 0.187 e. The minimum atomic E-state index is -0.499. The van der Waals surface area contributed by atoms with E-state index >= 15 is 0 Å². The first-order valence-corrected chi connectivity index (χ1v) is 11.7. The molecule has 2 aliphatic carbocycles. The van der Waals surface area contributed by atoms with E-state index in [0.29, 0.717) is 24.9 Å². The molecule has 2 fully saturated rings. The van der Waals surface area contributed by atoms with E-state index in [1.807, 2.05) is 0 Å². The van der Waals surface area contributed by atoms with Crippen LogP contribution < -0.4 is 9.47 Å². The van der Waals surface area contributed by atoms with Crippen LogP contribution in [0.2, 0.25) is 5.02 Å². The Bertz CT molecular complexity index is 605. The standard InChI is InChI=1S/C24H36ClFO2/c1-3-4-15-27-21-13-14-22(24(26)23(21)25)28-16-18-7-11-20(12-8-18)19-9-5-17(2)6-10-19/h13-14,17-20H,3-12,15-16H2,1-2H3. The summed E-state index contributed by atoms with van der Waals surface area (Å²) in [5.74, 6) is 3.44. The molecule has 0 amide bonds. The van der Waals surface area contributed by atoms with Gasteiger partial charge in [-0.25, -0.2) is 4.39 Å². The molecule has 0 atom stereocenters. The van der Waals surface area contributed by atoms with Gasteiger partial charge in [-0.2, -0.15) is 0 Å². The largest absolute Gasteiger partial charge is 0.492 e. The molecule has 0 bridgehead atoms. The number of hydrogen-bond acceptors (Lipinski definition) is 2. The molecule has 0 heterocycles. The van der Waals surface area contributed by atoms with Gasteiger partial charge in [0.25, 0.3) is 0 Å². The Hall–Kier alpha value is -0.960. The summed E-state index contributed by atoms with van der Waals surface area (Å²) in [6.07, 6.45) is 12.6. The van der Waals surface area contributed by atoms with Gasteiger partial charge in [0.1, 0.15) is 10.8 Å². The lowest BCUT2D eigenvalue weighted by Crippen LogP contribution is -2.27. The summed E-state index contributed by atoms with van der Waals surface area (Å²) in [7, 11) is 0. The molecule has 0 unspecified atom stereocenters. The monoisotopic (exact) mass is 410 g/mol. The van der Waals surface area contributed by atoms with Crippen LogP contribution in [-0.2, 0) is 0 Å². The summed E-state index contributed by atoms with van der Waals surface area (Å²) in [5, 5.41) is 0.0313. The van der Waals surface area contributed by atoms with E-state index in [1.165, 1.54) is 51.4 Å². The van der Waals surface area contributed by atoms with Gasteiger partial charge >= 0.3 is 0 Å². The fourth-order valence-electron chi connectivity index (χ4n) is 4.85. The number of rotatable bonds is 8. The number of hydrogen-bond donors (Lipinski definition) is 0. The van der Waals surface area contributed by atoms with Gasteiger partial charge in [-0.3, -0.25) is 0 Å². The first-order chi connectivity index (χ1) is 13.6. The highest BCUT2D eigenvalue weighted by Gasteiger charge is 2.30. The predicted octanol–water partition coefficient (Wildman–Crippen LogP) is 7.67. The van der Waals surface area contributed by atoms with Gasteiger partial charge in [0.2, 0.25) is 0 Å². The van der Waals surface area contributed by atoms with Crippen molar-refractivity contribution in [3.05, 3.63) is 23.0 Å². The van der Waals surface area contributed by atoms with E-state index < -0.39 is 5.82 Å². The van der Waals surface area contributed by atoms with Crippen LogP contribution in [0, 0.1) is 29.5 Å². The Morgan fingerprint density at radius 3 is 2.18 bits per heavy atom. The van der Waals surface area contributed by atoms with Gasteiger partial charge in [0, 0.05) is 0 Å². The van der Waals surface area contributed by atoms with E-state index in [9.17, 15) is 4.39 Å². The molecular formula is C24H36ClFO2. The minimum absolute atomic E-state index is 0.0313. The van der Waals surface area contributed by atoms with Crippen LogP contribution in [0.5, 0.6) is 11.5 Å². The quantitative estimate of drug-likeness (QED) is 0.409. The maximum Gasteiger partial charge on any atom is 0.187 e. The summed E-state index contributed by atoms with van der Waals surface area (Å²) < 4.78 is 25.9. The third kappa shape index (κ3) is 5.78. The summed E-state index contributed by atoms with van der Waals surface area (Å²) in [5.41, 5.74) is 0. The van der Waals surface area contributed by atoms with Crippen molar-refractivity contribution in [1.82, 2.24) is 0 Å². The van der Waals surface area contributed by atoms with Crippen molar-refractivity contribution in [3.63, 3.8) is 0 Å². The van der Waals surface area contributed by atoms with E-state index in [0.717, 1.165) is 30.6 Å². The molecule has 28 heavy (non-hydrogen) atoms. The van der Waals surface area contributed by atoms with Crippen LogP contribution >= 0.6 is 11.6 Å². The number of halogens is 2. The SMILES string of the molecule is CCCCOc1ccc(OCC2CCC(C3CCC(C)CC3)CC2)c(F)c1Cl. The van der Waals surface area contributed by atoms with Crippen molar-refractivity contribution in [1.29, 1.82) is 0 Å². The summed E-state index contributed by atoms with van der Waals surface area (Å²) in [6.45, 7) is 5.61. The first kappa shape index (κ1) is 21.7. The maximum absolute atomic E-state index is 14.5. The van der Waals surface area contributed by atoms with E-state index in [2.05, 4.69) is 13.8 Å². The topological polar surface area (TPSA) is 18.5 Å². The van der Waals surface area contributed by atoms with Crippen LogP contribution in [0.3, 0.4) is 0 Å². The van der Waals surface area contributed by atoms with E-state index in [1.54, 1.807) is 12.1 Å². The van der Waals surface area contributed by atoms with Gasteiger partial charge in [0.05, 0.1) is 13.2 Å². The fraction of sp³-hybridized carbons (Fsp3) is 0.750. The summed E-state index contributed by atoms with van der Waals surface area (Å²) in [4.78, 5) is 0. The Morgan fingerprint density at radius 1 is 0.929 bits per heavy atom. The van der Waals surface area contributed by atoms with Gasteiger partial charge < -0.3 is 9.47 Å². The number of unbranched alkanes of at least 4 members (excludes halogenated alkanes) is 1. The zero-order chi connectivity index (χ0) is 19.9. The molecule has 1 aromatic rings. The lowest BCUT2D eigenvalue weighted by atomic mass is 9.69. The van der Waals surface area contributed by atoms with E-state index in [-0.39, 0.29) is 10.8 Å². The van der Waals surface area contributed by atoms with Crippen LogP contribution in [0.4, 0.5) is 4.39 Å². The van der Waals surface area contributed by atoms with Crippen LogP contribution in [0.15, 0.2) is 12.1 Å². The second kappa shape index (κ2) is 10.7. The van der Waals surface area contributed by atoms with Gasteiger partial charge in [-0.1, -0.05) is 44.7 Å². The fourth-order valence-corrected chi connectivity index (χ4v) is 5.07. The zero-order valence-electron chi connectivity index (χ0n) is 17.5. The molecule has 1 aromatic carbocycles. The van der Waals surface area contributed by atoms with Crippen molar-refractivity contribution in [2.45, 2.75) is 78.1 Å².